The van der Waals surface area contributed by atoms with Gasteiger partial charge >= 0.3 is 0 Å². The van der Waals surface area contributed by atoms with Gasteiger partial charge < -0.3 is 4.74 Å². The Morgan fingerprint density at radius 1 is 0.875 bits per heavy atom. The summed E-state index contributed by atoms with van der Waals surface area (Å²) in [5, 5.41) is 0. The van der Waals surface area contributed by atoms with E-state index in [0.29, 0.717) is 0 Å². The van der Waals surface area contributed by atoms with Gasteiger partial charge in [-0.25, -0.2) is 0 Å². The van der Waals surface area contributed by atoms with Gasteiger partial charge in [-0.05, 0) is 73.2 Å². The van der Waals surface area contributed by atoms with Gasteiger partial charge in [0.2, 0.25) is 0 Å². The number of aryl methyl sites for hydroxylation is 1. The molecule has 124 valence electrons. The Hall–Kier alpha value is -2.06. The number of nitrogens with zero attached hydrogens (tertiary/aromatic N) is 1. The van der Waals surface area contributed by atoms with Crippen LogP contribution in [0.15, 0.2) is 48.5 Å². The summed E-state index contributed by atoms with van der Waals surface area (Å²) in [7, 11) is 0. The maximum atomic E-state index is 5.91. The zero-order chi connectivity index (χ0) is 16.2. The number of allylic oxidation sites excluding steroid dienone is 1. The van der Waals surface area contributed by atoms with E-state index in [0.717, 1.165) is 31.7 Å². The monoisotopic (exact) mass is 319 g/mol. The van der Waals surface area contributed by atoms with Crippen LogP contribution in [0.5, 0.6) is 5.75 Å². The van der Waals surface area contributed by atoms with Gasteiger partial charge in [-0.2, -0.15) is 0 Å². The van der Waals surface area contributed by atoms with Crippen LogP contribution in [-0.2, 0) is 6.42 Å². The number of hydrogen-bond donors (Lipinski definition) is 0. The Bertz CT molecular complexity index is 711. The second kappa shape index (κ2) is 7.23. The molecule has 2 nitrogen and oxygen atoms in total. The van der Waals surface area contributed by atoms with Crippen molar-refractivity contribution in [2.24, 2.45) is 0 Å². The van der Waals surface area contributed by atoms with E-state index >= 15 is 0 Å². The molecule has 2 aromatic carbocycles. The molecule has 2 heteroatoms. The summed E-state index contributed by atoms with van der Waals surface area (Å²) in [5.74, 6) is 0.981. The fourth-order valence-electron chi connectivity index (χ4n) is 3.72. The number of hydrogen-bond acceptors (Lipinski definition) is 2. The van der Waals surface area contributed by atoms with Crippen LogP contribution in [0.25, 0.3) is 11.6 Å². The first-order chi connectivity index (χ1) is 11.9. The highest BCUT2D eigenvalue weighted by Crippen LogP contribution is 2.31. The molecule has 0 N–H and O–H groups in total. The van der Waals surface area contributed by atoms with Gasteiger partial charge in [0, 0.05) is 6.54 Å². The fourth-order valence-corrected chi connectivity index (χ4v) is 3.72. The minimum atomic E-state index is 0.787. The summed E-state index contributed by atoms with van der Waals surface area (Å²) < 4.78 is 5.91. The van der Waals surface area contributed by atoms with Crippen LogP contribution in [0.2, 0.25) is 0 Å². The van der Waals surface area contributed by atoms with Gasteiger partial charge in [-0.1, -0.05) is 42.5 Å². The van der Waals surface area contributed by atoms with E-state index in [4.69, 9.17) is 4.74 Å². The SMILES string of the molecule is C1=C(c2ccc(OCCN3CCCC3)cc2)CCc2ccccc21. The Morgan fingerprint density at radius 2 is 1.67 bits per heavy atom. The number of likely N-dealkylation sites (tertiary alicyclic amines) is 1. The number of rotatable bonds is 5. The topological polar surface area (TPSA) is 12.5 Å². The normalized spacial score (nSPS) is 17.4. The van der Waals surface area contributed by atoms with Gasteiger partial charge in [0.1, 0.15) is 12.4 Å². The molecule has 0 radical (unpaired) electrons. The summed E-state index contributed by atoms with van der Waals surface area (Å²) >= 11 is 0. The summed E-state index contributed by atoms with van der Waals surface area (Å²) in [6.45, 7) is 4.30. The quantitative estimate of drug-likeness (QED) is 0.795. The highest BCUT2D eigenvalue weighted by Gasteiger charge is 2.12. The van der Waals surface area contributed by atoms with Crippen molar-refractivity contribution in [3.05, 3.63) is 65.2 Å². The third-order valence-corrected chi connectivity index (χ3v) is 5.15. The van der Waals surface area contributed by atoms with Crippen molar-refractivity contribution in [1.29, 1.82) is 0 Å². The fraction of sp³-hybridized carbons (Fsp3) is 0.364. The lowest BCUT2D eigenvalue weighted by Gasteiger charge is -2.17. The number of fused-ring (bicyclic) bond motifs is 1. The van der Waals surface area contributed by atoms with Crippen LogP contribution in [0, 0.1) is 0 Å². The first-order valence-electron chi connectivity index (χ1n) is 9.12. The number of ether oxygens (including phenoxy) is 1. The second-order valence-corrected chi connectivity index (χ2v) is 6.79. The van der Waals surface area contributed by atoms with Crippen LogP contribution in [0.3, 0.4) is 0 Å². The minimum Gasteiger partial charge on any atom is -0.492 e. The average Bonchev–Trinajstić information content (AvgIpc) is 3.15. The maximum Gasteiger partial charge on any atom is 0.119 e. The minimum absolute atomic E-state index is 0.787. The molecule has 1 fully saturated rings. The van der Waals surface area contributed by atoms with E-state index in [2.05, 4.69) is 59.5 Å². The van der Waals surface area contributed by atoms with Gasteiger partial charge in [0.05, 0.1) is 0 Å². The first-order valence-corrected chi connectivity index (χ1v) is 9.12. The van der Waals surface area contributed by atoms with Gasteiger partial charge in [0.15, 0.2) is 0 Å². The van der Waals surface area contributed by atoms with Crippen molar-refractivity contribution in [2.75, 3.05) is 26.2 Å². The van der Waals surface area contributed by atoms with Crippen LogP contribution in [-0.4, -0.2) is 31.1 Å². The second-order valence-electron chi connectivity index (χ2n) is 6.79. The Morgan fingerprint density at radius 3 is 2.50 bits per heavy atom. The van der Waals surface area contributed by atoms with E-state index in [1.54, 1.807) is 0 Å². The molecule has 0 atom stereocenters. The number of benzene rings is 2. The first kappa shape index (κ1) is 15.5. The third-order valence-electron chi connectivity index (χ3n) is 5.15. The van der Waals surface area contributed by atoms with Crippen molar-refractivity contribution < 1.29 is 4.74 Å². The van der Waals surface area contributed by atoms with Crippen molar-refractivity contribution >= 4 is 11.6 Å². The van der Waals surface area contributed by atoms with E-state index in [9.17, 15) is 0 Å². The van der Waals surface area contributed by atoms with Crippen LogP contribution >= 0.6 is 0 Å². The summed E-state index contributed by atoms with van der Waals surface area (Å²) in [4.78, 5) is 2.48. The zero-order valence-corrected chi connectivity index (χ0v) is 14.2. The van der Waals surface area contributed by atoms with Gasteiger partial charge in [-0.15, -0.1) is 0 Å². The van der Waals surface area contributed by atoms with Crippen molar-refractivity contribution in [3.63, 3.8) is 0 Å². The Labute approximate surface area is 144 Å². The third kappa shape index (κ3) is 3.54. The van der Waals surface area contributed by atoms with Crippen molar-refractivity contribution in [3.8, 4) is 5.75 Å². The maximum absolute atomic E-state index is 5.91. The molecule has 0 saturated carbocycles. The molecule has 4 rings (SSSR count). The molecule has 2 aromatic rings. The molecule has 2 aliphatic rings. The van der Waals surface area contributed by atoms with E-state index < -0.39 is 0 Å². The molecule has 0 bridgehead atoms. The molecule has 24 heavy (non-hydrogen) atoms. The molecule has 0 spiro atoms. The van der Waals surface area contributed by atoms with Crippen LogP contribution in [0.4, 0.5) is 0 Å². The van der Waals surface area contributed by atoms with Crippen molar-refractivity contribution in [1.82, 2.24) is 4.90 Å². The average molecular weight is 319 g/mol. The highest BCUT2D eigenvalue weighted by molar-refractivity contribution is 5.84. The zero-order valence-electron chi connectivity index (χ0n) is 14.2. The van der Waals surface area contributed by atoms with Gasteiger partial charge in [0.25, 0.3) is 0 Å². The molecular weight excluding hydrogens is 294 g/mol. The largest absolute Gasteiger partial charge is 0.492 e. The van der Waals surface area contributed by atoms with Crippen molar-refractivity contribution in [2.45, 2.75) is 25.7 Å². The molecule has 1 saturated heterocycles. The molecule has 1 aliphatic carbocycles. The summed E-state index contributed by atoms with van der Waals surface area (Å²) in [6, 6.07) is 17.3. The lowest BCUT2D eigenvalue weighted by Crippen LogP contribution is -2.25. The summed E-state index contributed by atoms with van der Waals surface area (Å²) in [5.41, 5.74) is 5.57. The predicted molar refractivity (Wildman–Crippen MR) is 100 cm³/mol. The Kier molecular flexibility index (Phi) is 4.66. The lowest BCUT2D eigenvalue weighted by atomic mass is 9.89. The Balaban J connectivity index is 1.38. The van der Waals surface area contributed by atoms with Crippen LogP contribution < -0.4 is 4.74 Å². The smallest absolute Gasteiger partial charge is 0.119 e. The molecule has 0 amide bonds. The van der Waals surface area contributed by atoms with E-state index in [-0.39, 0.29) is 0 Å². The summed E-state index contributed by atoms with van der Waals surface area (Å²) in [6.07, 6.45) is 7.27. The standard InChI is InChI=1S/C22H25NO/c1-2-6-20-17-21(8-7-18(20)5-1)19-9-11-22(12-10-19)24-16-15-23-13-3-4-14-23/h1-2,5-6,9-12,17H,3-4,7-8,13-16H2. The lowest BCUT2D eigenvalue weighted by molar-refractivity contribution is 0.238. The van der Waals surface area contributed by atoms with E-state index in [1.807, 2.05) is 0 Å². The van der Waals surface area contributed by atoms with Crippen LogP contribution in [0.1, 0.15) is 36.0 Å². The van der Waals surface area contributed by atoms with E-state index in [1.165, 1.54) is 48.2 Å². The molecule has 0 aromatic heterocycles. The molecular formula is C22H25NO. The predicted octanol–water partition coefficient (Wildman–Crippen LogP) is 4.65. The molecule has 0 unspecified atom stereocenters. The molecule has 1 aliphatic heterocycles. The van der Waals surface area contributed by atoms with Gasteiger partial charge in [-0.3, -0.25) is 4.90 Å². The highest BCUT2D eigenvalue weighted by atomic mass is 16.5. The molecule has 1 heterocycles.